The molecular weight excluding hydrogens is 234 g/mol. The van der Waals surface area contributed by atoms with Gasteiger partial charge >= 0.3 is 0 Å². The van der Waals surface area contributed by atoms with Crippen LogP contribution in [0.25, 0.3) is 10.9 Å². The van der Waals surface area contributed by atoms with Crippen molar-refractivity contribution in [1.82, 2.24) is 9.88 Å². The molecule has 1 aromatic carbocycles. The van der Waals surface area contributed by atoms with Crippen molar-refractivity contribution in [2.24, 2.45) is 0 Å². The summed E-state index contributed by atoms with van der Waals surface area (Å²) in [5.41, 5.74) is 10.6. The molecular formula is C16H19N3. The van der Waals surface area contributed by atoms with Crippen molar-refractivity contribution < 1.29 is 0 Å². The first-order valence-corrected chi connectivity index (χ1v) is 6.74. The largest absolute Gasteiger partial charge is 0.398 e. The van der Waals surface area contributed by atoms with Crippen LogP contribution in [0.4, 0.5) is 5.69 Å². The van der Waals surface area contributed by atoms with Gasteiger partial charge in [0.25, 0.3) is 0 Å². The zero-order chi connectivity index (χ0) is 13.2. The number of hydrogen-bond acceptors (Lipinski definition) is 3. The minimum absolute atomic E-state index is 0.807. The second kappa shape index (κ2) is 5.02. The number of nitrogens with two attached hydrogens (primary N) is 1. The highest BCUT2D eigenvalue weighted by Crippen LogP contribution is 2.24. The number of anilines is 1. The van der Waals surface area contributed by atoms with Gasteiger partial charge in [-0.15, -0.1) is 0 Å². The van der Waals surface area contributed by atoms with E-state index in [-0.39, 0.29) is 0 Å². The van der Waals surface area contributed by atoms with Gasteiger partial charge in [0, 0.05) is 36.9 Å². The highest BCUT2D eigenvalue weighted by molar-refractivity contribution is 5.92. The second-order valence-electron chi connectivity index (χ2n) is 5.25. The average Bonchev–Trinajstić information content (AvgIpc) is 2.45. The van der Waals surface area contributed by atoms with Gasteiger partial charge in [0.05, 0.1) is 5.52 Å². The van der Waals surface area contributed by atoms with Crippen LogP contribution in [0.3, 0.4) is 0 Å². The van der Waals surface area contributed by atoms with E-state index in [1.54, 1.807) is 0 Å². The van der Waals surface area contributed by atoms with Crippen molar-refractivity contribution in [3.63, 3.8) is 0 Å². The van der Waals surface area contributed by atoms with Crippen LogP contribution in [-0.2, 0) is 6.54 Å². The van der Waals surface area contributed by atoms with E-state index in [0.29, 0.717) is 0 Å². The fraction of sp³-hybridized carbons (Fsp3) is 0.312. The van der Waals surface area contributed by atoms with Gasteiger partial charge in [-0.05, 0) is 37.1 Å². The summed E-state index contributed by atoms with van der Waals surface area (Å²) >= 11 is 0. The quantitative estimate of drug-likeness (QED) is 0.661. The van der Waals surface area contributed by atoms with Crippen molar-refractivity contribution in [3.05, 3.63) is 47.7 Å². The molecule has 0 saturated carbocycles. The lowest BCUT2D eigenvalue weighted by Crippen LogP contribution is -2.28. The number of benzene rings is 1. The van der Waals surface area contributed by atoms with Gasteiger partial charge in [0.2, 0.25) is 0 Å². The van der Waals surface area contributed by atoms with E-state index < -0.39 is 0 Å². The number of nitrogens with zero attached hydrogens (tertiary/aromatic N) is 2. The van der Waals surface area contributed by atoms with Crippen LogP contribution in [0.2, 0.25) is 0 Å². The minimum atomic E-state index is 0.807. The van der Waals surface area contributed by atoms with E-state index in [0.717, 1.165) is 36.2 Å². The molecule has 0 fully saturated rings. The van der Waals surface area contributed by atoms with Crippen molar-refractivity contribution in [1.29, 1.82) is 0 Å². The molecule has 0 amide bonds. The van der Waals surface area contributed by atoms with E-state index in [1.165, 1.54) is 17.6 Å². The summed E-state index contributed by atoms with van der Waals surface area (Å²) in [5, 5.41) is 1.06. The van der Waals surface area contributed by atoms with Crippen LogP contribution in [0, 0.1) is 0 Å². The lowest BCUT2D eigenvalue weighted by Gasteiger charge is -2.25. The Labute approximate surface area is 113 Å². The van der Waals surface area contributed by atoms with Crippen molar-refractivity contribution in [2.75, 3.05) is 18.8 Å². The summed E-state index contributed by atoms with van der Waals surface area (Å²) in [6.45, 7) is 5.31. The van der Waals surface area contributed by atoms with Crippen LogP contribution >= 0.6 is 0 Å². The predicted molar refractivity (Wildman–Crippen MR) is 79.8 cm³/mol. The van der Waals surface area contributed by atoms with Crippen molar-refractivity contribution in [3.8, 4) is 0 Å². The Bertz CT molecular complexity index is 631. The Morgan fingerprint density at radius 3 is 3.00 bits per heavy atom. The number of aromatic nitrogens is 1. The normalized spacial score (nSPS) is 16.6. The molecule has 2 aromatic rings. The van der Waals surface area contributed by atoms with E-state index in [4.69, 9.17) is 5.73 Å². The zero-order valence-electron chi connectivity index (χ0n) is 11.3. The third-order valence-corrected chi connectivity index (χ3v) is 3.80. The molecule has 0 aliphatic carbocycles. The smallest absolute Gasteiger partial charge is 0.0767 e. The molecule has 2 N–H and O–H groups in total. The maximum Gasteiger partial charge on any atom is 0.0767 e. The number of rotatable bonds is 2. The van der Waals surface area contributed by atoms with E-state index in [2.05, 4.69) is 29.0 Å². The lowest BCUT2D eigenvalue weighted by atomic mass is 10.1. The van der Waals surface area contributed by atoms with Gasteiger partial charge < -0.3 is 5.73 Å². The first kappa shape index (κ1) is 12.2. The summed E-state index contributed by atoms with van der Waals surface area (Å²) in [6.07, 6.45) is 5.32. The van der Waals surface area contributed by atoms with Crippen LogP contribution in [0.15, 0.2) is 42.1 Å². The lowest BCUT2D eigenvalue weighted by molar-refractivity contribution is 0.287. The number of nitrogen functional groups attached to an aromatic ring is 1. The van der Waals surface area contributed by atoms with Crippen LogP contribution in [-0.4, -0.2) is 23.0 Å². The molecule has 19 heavy (non-hydrogen) atoms. The second-order valence-corrected chi connectivity index (χ2v) is 5.25. The van der Waals surface area contributed by atoms with E-state index in [1.807, 2.05) is 24.4 Å². The molecule has 98 valence electrons. The SMILES string of the molecule is CC1=CCN(Cc2ccc(N)c3cccnc23)CC1. The monoisotopic (exact) mass is 253 g/mol. The molecule has 0 unspecified atom stereocenters. The average molecular weight is 253 g/mol. The fourth-order valence-corrected chi connectivity index (χ4v) is 2.58. The summed E-state index contributed by atoms with van der Waals surface area (Å²) in [5.74, 6) is 0. The molecule has 3 heteroatoms. The van der Waals surface area contributed by atoms with E-state index >= 15 is 0 Å². The summed E-state index contributed by atoms with van der Waals surface area (Å²) in [6, 6.07) is 8.08. The summed E-state index contributed by atoms with van der Waals surface area (Å²) in [7, 11) is 0. The van der Waals surface area contributed by atoms with Crippen molar-refractivity contribution in [2.45, 2.75) is 19.9 Å². The van der Waals surface area contributed by atoms with Gasteiger partial charge in [-0.25, -0.2) is 0 Å². The summed E-state index contributed by atoms with van der Waals surface area (Å²) < 4.78 is 0. The van der Waals surface area contributed by atoms with Crippen LogP contribution in [0.1, 0.15) is 18.9 Å². The molecule has 0 spiro atoms. The zero-order valence-corrected chi connectivity index (χ0v) is 11.3. The number of fused-ring (bicyclic) bond motifs is 1. The maximum atomic E-state index is 6.01. The molecule has 1 aliphatic rings. The molecule has 0 bridgehead atoms. The first-order chi connectivity index (χ1) is 9.24. The Hall–Kier alpha value is -1.87. The fourth-order valence-electron chi connectivity index (χ4n) is 2.58. The molecule has 3 rings (SSSR count). The summed E-state index contributed by atoms with van der Waals surface area (Å²) in [4.78, 5) is 6.95. The van der Waals surface area contributed by atoms with Crippen LogP contribution < -0.4 is 5.73 Å². The Morgan fingerprint density at radius 2 is 2.21 bits per heavy atom. The third-order valence-electron chi connectivity index (χ3n) is 3.80. The van der Waals surface area contributed by atoms with Crippen LogP contribution in [0.5, 0.6) is 0 Å². The Balaban J connectivity index is 1.91. The van der Waals surface area contributed by atoms with Gasteiger partial charge in [-0.1, -0.05) is 17.7 Å². The Kier molecular flexibility index (Phi) is 3.22. The predicted octanol–water partition coefficient (Wildman–Crippen LogP) is 2.97. The van der Waals surface area contributed by atoms with Crippen molar-refractivity contribution >= 4 is 16.6 Å². The molecule has 2 heterocycles. The molecule has 3 nitrogen and oxygen atoms in total. The van der Waals surface area contributed by atoms with Gasteiger partial charge in [0.1, 0.15) is 0 Å². The first-order valence-electron chi connectivity index (χ1n) is 6.74. The molecule has 0 atom stereocenters. The maximum absolute atomic E-state index is 6.01. The standard InChI is InChI=1S/C16H19N3/c1-12-6-9-19(10-7-12)11-13-4-5-15(17)14-3-2-8-18-16(13)14/h2-6,8H,7,9-11,17H2,1H3. The van der Waals surface area contributed by atoms with Gasteiger partial charge in [-0.2, -0.15) is 0 Å². The topological polar surface area (TPSA) is 42.1 Å². The molecule has 1 aromatic heterocycles. The minimum Gasteiger partial charge on any atom is -0.398 e. The highest BCUT2D eigenvalue weighted by atomic mass is 15.1. The number of pyridine rings is 1. The van der Waals surface area contributed by atoms with Gasteiger partial charge in [0.15, 0.2) is 0 Å². The number of hydrogen-bond donors (Lipinski definition) is 1. The Morgan fingerprint density at radius 1 is 1.32 bits per heavy atom. The molecule has 0 radical (unpaired) electrons. The molecule has 1 aliphatic heterocycles. The third kappa shape index (κ3) is 2.47. The highest BCUT2D eigenvalue weighted by Gasteiger charge is 2.12. The van der Waals surface area contributed by atoms with E-state index in [9.17, 15) is 0 Å². The molecule has 0 saturated heterocycles. The van der Waals surface area contributed by atoms with Gasteiger partial charge in [-0.3, -0.25) is 9.88 Å².